The van der Waals surface area contributed by atoms with Crippen LogP contribution < -0.4 is 5.73 Å². The van der Waals surface area contributed by atoms with Crippen molar-refractivity contribution in [2.75, 3.05) is 0 Å². The van der Waals surface area contributed by atoms with Crippen LogP contribution in [0.4, 0.5) is 4.39 Å². The van der Waals surface area contributed by atoms with Gasteiger partial charge in [0.25, 0.3) is 0 Å². The number of fused-ring (bicyclic) bond motifs is 1. The highest BCUT2D eigenvalue weighted by Gasteiger charge is 2.27. The topological polar surface area (TPSA) is 26.0 Å². The third-order valence-electron chi connectivity index (χ3n) is 4.73. The van der Waals surface area contributed by atoms with Gasteiger partial charge in [0.05, 0.1) is 0 Å². The zero-order valence-corrected chi connectivity index (χ0v) is 12.8. The van der Waals surface area contributed by atoms with E-state index in [0.29, 0.717) is 5.92 Å². The molecular formula is C17H22FNS. The van der Waals surface area contributed by atoms with Gasteiger partial charge in [0, 0.05) is 15.6 Å². The molecule has 1 aliphatic rings. The second-order valence-corrected chi connectivity index (χ2v) is 7.17. The van der Waals surface area contributed by atoms with Gasteiger partial charge in [-0.2, -0.15) is 0 Å². The minimum Gasteiger partial charge on any atom is -0.323 e. The van der Waals surface area contributed by atoms with Crippen molar-refractivity contribution in [2.24, 2.45) is 17.6 Å². The van der Waals surface area contributed by atoms with E-state index in [1.807, 2.05) is 6.07 Å². The van der Waals surface area contributed by atoms with E-state index in [1.54, 1.807) is 17.4 Å². The average molecular weight is 291 g/mol. The largest absolute Gasteiger partial charge is 0.323 e. The van der Waals surface area contributed by atoms with Crippen LogP contribution in [0.5, 0.6) is 0 Å². The molecular weight excluding hydrogens is 269 g/mol. The van der Waals surface area contributed by atoms with Gasteiger partial charge < -0.3 is 5.73 Å². The molecule has 1 saturated carbocycles. The molecule has 1 aromatic carbocycles. The Labute approximate surface area is 124 Å². The van der Waals surface area contributed by atoms with Crippen molar-refractivity contribution in [3.63, 3.8) is 0 Å². The Morgan fingerprint density at radius 2 is 2.20 bits per heavy atom. The van der Waals surface area contributed by atoms with Crippen LogP contribution in [0.2, 0.25) is 0 Å². The van der Waals surface area contributed by atoms with E-state index in [0.717, 1.165) is 16.0 Å². The van der Waals surface area contributed by atoms with Crippen LogP contribution in [0.3, 0.4) is 0 Å². The number of nitrogens with two attached hydrogens (primary N) is 1. The monoisotopic (exact) mass is 291 g/mol. The Hall–Kier alpha value is -0.930. The summed E-state index contributed by atoms with van der Waals surface area (Å²) in [6.07, 6.45) is 6.41. The highest BCUT2D eigenvalue weighted by molar-refractivity contribution is 7.19. The van der Waals surface area contributed by atoms with Crippen molar-refractivity contribution in [3.05, 3.63) is 35.0 Å². The SMILES string of the molecule is CCC1CCCC(C(N)c2cc3cc(F)ccc3s2)C1. The second kappa shape index (κ2) is 5.82. The predicted octanol–water partition coefficient (Wildman–Crippen LogP) is 5.26. The van der Waals surface area contributed by atoms with Gasteiger partial charge in [0.1, 0.15) is 5.82 Å². The fourth-order valence-electron chi connectivity index (χ4n) is 3.46. The van der Waals surface area contributed by atoms with Crippen molar-refractivity contribution >= 4 is 21.4 Å². The lowest BCUT2D eigenvalue weighted by atomic mass is 9.77. The van der Waals surface area contributed by atoms with Crippen LogP contribution in [0, 0.1) is 17.7 Å². The Morgan fingerprint density at radius 3 is 3.00 bits per heavy atom. The van der Waals surface area contributed by atoms with E-state index in [1.165, 1.54) is 43.0 Å². The zero-order valence-electron chi connectivity index (χ0n) is 11.9. The van der Waals surface area contributed by atoms with Crippen LogP contribution in [0.15, 0.2) is 24.3 Å². The van der Waals surface area contributed by atoms with Crippen LogP contribution in [0.25, 0.3) is 10.1 Å². The van der Waals surface area contributed by atoms with Crippen molar-refractivity contribution < 1.29 is 4.39 Å². The first kappa shape index (κ1) is 14.0. The molecule has 3 unspecified atom stereocenters. The summed E-state index contributed by atoms with van der Waals surface area (Å²) in [5.41, 5.74) is 6.51. The van der Waals surface area contributed by atoms with Gasteiger partial charge in [-0.3, -0.25) is 0 Å². The molecule has 0 radical (unpaired) electrons. The lowest BCUT2D eigenvalue weighted by Crippen LogP contribution is -2.26. The molecule has 0 bridgehead atoms. The van der Waals surface area contributed by atoms with Gasteiger partial charge >= 0.3 is 0 Å². The minimum atomic E-state index is -0.167. The summed E-state index contributed by atoms with van der Waals surface area (Å²) >= 11 is 1.72. The fraction of sp³-hybridized carbons (Fsp3) is 0.529. The summed E-state index contributed by atoms with van der Waals surface area (Å²) in [6, 6.07) is 7.20. The van der Waals surface area contributed by atoms with Crippen LogP contribution >= 0.6 is 11.3 Å². The molecule has 1 fully saturated rings. The van der Waals surface area contributed by atoms with E-state index in [9.17, 15) is 4.39 Å². The molecule has 3 atom stereocenters. The second-order valence-electron chi connectivity index (χ2n) is 6.06. The maximum atomic E-state index is 13.3. The summed E-state index contributed by atoms with van der Waals surface area (Å²) in [4.78, 5) is 1.22. The maximum Gasteiger partial charge on any atom is 0.123 e. The molecule has 3 heteroatoms. The van der Waals surface area contributed by atoms with Crippen LogP contribution in [-0.4, -0.2) is 0 Å². The third-order valence-corrected chi connectivity index (χ3v) is 5.95. The van der Waals surface area contributed by atoms with E-state index >= 15 is 0 Å². The molecule has 20 heavy (non-hydrogen) atoms. The lowest BCUT2D eigenvalue weighted by Gasteiger charge is -2.32. The molecule has 1 aromatic heterocycles. The first-order valence-corrected chi connectivity index (χ1v) is 8.43. The number of thiophene rings is 1. The first-order valence-electron chi connectivity index (χ1n) is 7.62. The Morgan fingerprint density at radius 1 is 1.35 bits per heavy atom. The predicted molar refractivity (Wildman–Crippen MR) is 84.5 cm³/mol. The van der Waals surface area contributed by atoms with E-state index in [-0.39, 0.29) is 11.9 Å². The van der Waals surface area contributed by atoms with Gasteiger partial charge in [-0.25, -0.2) is 4.39 Å². The van der Waals surface area contributed by atoms with Crippen molar-refractivity contribution in [1.82, 2.24) is 0 Å². The smallest absolute Gasteiger partial charge is 0.123 e. The Bertz CT molecular complexity index is 592. The summed E-state index contributed by atoms with van der Waals surface area (Å²) in [5.74, 6) is 1.26. The molecule has 0 spiro atoms. The molecule has 2 aromatic rings. The van der Waals surface area contributed by atoms with Crippen molar-refractivity contribution in [1.29, 1.82) is 0 Å². The average Bonchev–Trinajstić information content (AvgIpc) is 2.89. The first-order chi connectivity index (χ1) is 9.67. The van der Waals surface area contributed by atoms with Crippen LogP contribution in [-0.2, 0) is 0 Å². The van der Waals surface area contributed by atoms with Gasteiger partial charge in [0.15, 0.2) is 0 Å². The number of halogens is 1. The van der Waals surface area contributed by atoms with E-state index in [2.05, 4.69) is 13.0 Å². The highest BCUT2D eigenvalue weighted by Crippen LogP contribution is 2.40. The summed E-state index contributed by atoms with van der Waals surface area (Å²) in [5, 5.41) is 0.989. The van der Waals surface area contributed by atoms with E-state index < -0.39 is 0 Å². The normalized spacial score (nSPS) is 24.9. The molecule has 108 valence electrons. The Kier molecular flexibility index (Phi) is 4.08. The lowest BCUT2D eigenvalue weighted by molar-refractivity contribution is 0.232. The molecule has 0 aliphatic heterocycles. The van der Waals surface area contributed by atoms with Gasteiger partial charge in [-0.05, 0) is 54.3 Å². The van der Waals surface area contributed by atoms with E-state index in [4.69, 9.17) is 5.73 Å². The molecule has 1 aliphatic carbocycles. The minimum absolute atomic E-state index is 0.116. The number of benzene rings is 1. The van der Waals surface area contributed by atoms with Gasteiger partial charge in [-0.1, -0.05) is 26.2 Å². The Balaban J connectivity index is 1.82. The molecule has 2 N–H and O–H groups in total. The van der Waals surface area contributed by atoms with Crippen molar-refractivity contribution in [2.45, 2.75) is 45.1 Å². The number of hydrogen-bond donors (Lipinski definition) is 1. The maximum absolute atomic E-state index is 13.3. The summed E-state index contributed by atoms with van der Waals surface area (Å²) in [7, 11) is 0. The number of hydrogen-bond acceptors (Lipinski definition) is 2. The zero-order chi connectivity index (χ0) is 14.1. The third kappa shape index (κ3) is 2.75. The van der Waals surface area contributed by atoms with Gasteiger partial charge in [0.2, 0.25) is 0 Å². The van der Waals surface area contributed by atoms with Crippen LogP contribution in [0.1, 0.15) is 49.9 Å². The molecule has 0 amide bonds. The molecule has 3 rings (SSSR count). The molecule has 1 nitrogen and oxygen atoms in total. The number of rotatable bonds is 3. The fourth-order valence-corrected chi connectivity index (χ4v) is 4.60. The van der Waals surface area contributed by atoms with Gasteiger partial charge in [-0.15, -0.1) is 11.3 Å². The summed E-state index contributed by atoms with van der Waals surface area (Å²) < 4.78 is 14.4. The standard InChI is InChI=1S/C17H22FNS/c1-2-11-4-3-5-12(8-11)17(19)16-10-13-9-14(18)6-7-15(13)20-16/h6-7,9-12,17H,2-5,8,19H2,1H3. The van der Waals surface area contributed by atoms with Crippen molar-refractivity contribution in [3.8, 4) is 0 Å². The molecule has 0 saturated heterocycles. The highest BCUT2D eigenvalue weighted by atomic mass is 32.1. The summed E-state index contributed by atoms with van der Waals surface area (Å²) in [6.45, 7) is 2.28. The molecule has 1 heterocycles. The quantitative estimate of drug-likeness (QED) is 0.820.